The van der Waals surface area contributed by atoms with Crippen molar-refractivity contribution in [2.45, 2.75) is 58.9 Å². The molecule has 0 unspecified atom stereocenters. The molecule has 2 N–H and O–H groups in total. The van der Waals surface area contributed by atoms with Crippen LogP contribution in [0.2, 0.25) is 0 Å². The number of hydrogen-bond acceptors (Lipinski definition) is 3. The normalized spacial score (nSPS) is 12.4. The molecule has 6 heteroatoms. The van der Waals surface area contributed by atoms with Crippen LogP contribution in [0.1, 0.15) is 58.8 Å². The molecule has 2 aromatic rings. The van der Waals surface area contributed by atoms with Crippen LogP contribution in [-0.4, -0.2) is 24.0 Å². The number of oxazole rings is 1. The Balaban J connectivity index is 0.00000364. The van der Waals surface area contributed by atoms with E-state index in [4.69, 9.17) is 4.42 Å². The zero-order valence-electron chi connectivity index (χ0n) is 17.3. The van der Waals surface area contributed by atoms with Crippen LogP contribution in [0.5, 0.6) is 0 Å². The van der Waals surface area contributed by atoms with E-state index in [0.717, 1.165) is 24.8 Å². The van der Waals surface area contributed by atoms with Crippen LogP contribution in [-0.2, 0) is 17.4 Å². The number of benzene rings is 1. The summed E-state index contributed by atoms with van der Waals surface area (Å²) in [5.74, 6) is 2.28. The van der Waals surface area contributed by atoms with Crippen molar-refractivity contribution in [2.24, 2.45) is 4.99 Å². The molecule has 0 amide bonds. The van der Waals surface area contributed by atoms with Crippen molar-refractivity contribution in [3.63, 3.8) is 0 Å². The quantitative estimate of drug-likeness (QED) is 0.357. The molecule has 0 atom stereocenters. The van der Waals surface area contributed by atoms with Crippen molar-refractivity contribution in [1.29, 1.82) is 0 Å². The smallest absolute Gasteiger partial charge is 0.216 e. The molecule has 27 heavy (non-hydrogen) atoms. The molecule has 0 aliphatic rings. The lowest BCUT2D eigenvalue weighted by Crippen LogP contribution is -2.43. The van der Waals surface area contributed by atoms with E-state index in [0.29, 0.717) is 12.4 Å². The molecule has 5 nitrogen and oxygen atoms in total. The van der Waals surface area contributed by atoms with E-state index in [1.807, 2.05) is 6.07 Å². The number of rotatable bonds is 6. The highest BCUT2D eigenvalue weighted by molar-refractivity contribution is 14.0. The predicted octanol–water partition coefficient (Wildman–Crippen LogP) is 4.62. The average Bonchev–Trinajstić information content (AvgIpc) is 3.07. The van der Waals surface area contributed by atoms with Crippen LogP contribution in [0.25, 0.3) is 0 Å². The lowest BCUT2D eigenvalue weighted by atomic mass is 9.85. The Kier molecular flexibility index (Phi) is 8.78. The van der Waals surface area contributed by atoms with Gasteiger partial charge in [0.15, 0.2) is 5.96 Å². The third-order valence-corrected chi connectivity index (χ3v) is 4.26. The maximum atomic E-state index is 5.82. The molecular formula is C21H33IN4O. The van der Waals surface area contributed by atoms with Crippen LogP contribution >= 0.6 is 24.0 Å². The summed E-state index contributed by atoms with van der Waals surface area (Å²) < 4.78 is 5.82. The van der Waals surface area contributed by atoms with Gasteiger partial charge in [0.05, 0.1) is 6.20 Å². The first kappa shape index (κ1) is 23.5. The van der Waals surface area contributed by atoms with Gasteiger partial charge in [0.2, 0.25) is 5.89 Å². The molecule has 0 fully saturated rings. The Labute approximate surface area is 180 Å². The number of guanidine groups is 1. The third-order valence-electron chi connectivity index (χ3n) is 4.26. The summed E-state index contributed by atoms with van der Waals surface area (Å²) in [6.07, 6.45) is 1.80. The summed E-state index contributed by atoms with van der Waals surface area (Å²) in [5.41, 5.74) is 1.25. The number of aromatic nitrogens is 1. The van der Waals surface area contributed by atoms with Crippen LogP contribution in [0.15, 0.2) is 45.9 Å². The van der Waals surface area contributed by atoms with E-state index in [1.165, 1.54) is 5.56 Å². The molecule has 0 spiro atoms. The first-order valence-electron chi connectivity index (χ1n) is 9.25. The summed E-state index contributed by atoms with van der Waals surface area (Å²) in [6.45, 7) is 14.8. The van der Waals surface area contributed by atoms with Gasteiger partial charge in [0, 0.05) is 23.9 Å². The molecule has 2 rings (SSSR count). The van der Waals surface area contributed by atoms with Crippen LogP contribution in [0.4, 0.5) is 0 Å². The average molecular weight is 484 g/mol. The number of nitrogens with zero attached hydrogens (tertiary/aromatic N) is 2. The van der Waals surface area contributed by atoms with Gasteiger partial charge < -0.3 is 15.1 Å². The highest BCUT2D eigenvalue weighted by Gasteiger charge is 2.21. The topological polar surface area (TPSA) is 62.5 Å². The minimum absolute atomic E-state index is 0. The maximum Gasteiger partial charge on any atom is 0.216 e. The molecule has 0 aliphatic carbocycles. The van der Waals surface area contributed by atoms with Gasteiger partial charge in [0.1, 0.15) is 12.3 Å². The summed E-state index contributed by atoms with van der Waals surface area (Å²) in [7, 11) is 0. The number of aliphatic imine (C=N–C) groups is 1. The molecule has 1 aromatic carbocycles. The van der Waals surface area contributed by atoms with Crippen molar-refractivity contribution >= 4 is 29.9 Å². The van der Waals surface area contributed by atoms with Crippen molar-refractivity contribution in [2.75, 3.05) is 13.1 Å². The summed E-state index contributed by atoms with van der Waals surface area (Å²) in [4.78, 5) is 8.96. The second-order valence-corrected chi connectivity index (χ2v) is 8.17. The van der Waals surface area contributed by atoms with Crippen LogP contribution in [0, 0.1) is 0 Å². The van der Waals surface area contributed by atoms with Gasteiger partial charge in [-0.2, -0.15) is 0 Å². The number of halogens is 1. The van der Waals surface area contributed by atoms with Gasteiger partial charge in [0.25, 0.3) is 0 Å². The minimum atomic E-state index is -0.0442. The molecule has 0 bridgehead atoms. The molecule has 1 heterocycles. The fourth-order valence-corrected chi connectivity index (χ4v) is 2.51. The van der Waals surface area contributed by atoms with E-state index < -0.39 is 0 Å². The first-order valence-corrected chi connectivity index (χ1v) is 9.25. The number of nitrogens with one attached hydrogen (secondary N) is 2. The van der Waals surface area contributed by atoms with Gasteiger partial charge >= 0.3 is 0 Å². The van der Waals surface area contributed by atoms with Gasteiger partial charge in [-0.3, -0.25) is 0 Å². The Morgan fingerprint density at radius 3 is 2.30 bits per heavy atom. The van der Waals surface area contributed by atoms with E-state index in [2.05, 4.69) is 86.4 Å². The van der Waals surface area contributed by atoms with Gasteiger partial charge in [-0.1, -0.05) is 65.0 Å². The van der Waals surface area contributed by atoms with Crippen molar-refractivity contribution in [3.8, 4) is 0 Å². The van der Waals surface area contributed by atoms with Crippen molar-refractivity contribution < 1.29 is 4.42 Å². The van der Waals surface area contributed by atoms with E-state index in [1.54, 1.807) is 6.20 Å². The van der Waals surface area contributed by atoms with E-state index in [-0.39, 0.29) is 34.8 Å². The molecule has 0 aliphatic heterocycles. The monoisotopic (exact) mass is 484 g/mol. The Morgan fingerprint density at radius 1 is 1.07 bits per heavy atom. The molecule has 150 valence electrons. The summed E-state index contributed by atoms with van der Waals surface area (Å²) in [6, 6.07) is 10.5. The highest BCUT2D eigenvalue weighted by atomic mass is 127. The minimum Gasteiger partial charge on any atom is -0.443 e. The van der Waals surface area contributed by atoms with E-state index >= 15 is 0 Å². The maximum absolute atomic E-state index is 5.82. The second-order valence-electron chi connectivity index (χ2n) is 8.17. The van der Waals surface area contributed by atoms with Gasteiger partial charge in [-0.05, 0) is 12.5 Å². The molecule has 0 saturated heterocycles. The lowest BCUT2D eigenvalue weighted by molar-refractivity contribution is 0.383. The Bertz CT molecular complexity index is 717. The zero-order valence-corrected chi connectivity index (χ0v) is 19.6. The second kappa shape index (κ2) is 10.1. The fraction of sp³-hybridized carbons (Fsp3) is 0.524. The molecule has 0 saturated carbocycles. The lowest BCUT2D eigenvalue weighted by Gasteiger charge is -2.26. The van der Waals surface area contributed by atoms with Gasteiger partial charge in [-0.25, -0.2) is 9.98 Å². The van der Waals surface area contributed by atoms with Crippen molar-refractivity contribution in [1.82, 2.24) is 15.6 Å². The summed E-state index contributed by atoms with van der Waals surface area (Å²) >= 11 is 0. The standard InChI is InChI=1S/C21H32N4O.HI/c1-7-22-19(24-14-18-23-13-17(26-18)20(2,3)4)25-15-21(5,6)16-11-9-8-10-12-16;/h8-13H,7,14-15H2,1-6H3,(H2,22,24,25);1H. The SMILES string of the molecule is CCNC(=NCc1ncc(C(C)(C)C)o1)NCC(C)(C)c1ccccc1.I. The first-order chi connectivity index (χ1) is 12.2. The summed E-state index contributed by atoms with van der Waals surface area (Å²) in [5, 5.41) is 6.72. The van der Waals surface area contributed by atoms with Gasteiger partial charge in [-0.15, -0.1) is 24.0 Å². The molecule has 1 aromatic heterocycles. The molecule has 0 radical (unpaired) electrons. The molecular weight excluding hydrogens is 451 g/mol. The Morgan fingerprint density at radius 2 is 1.74 bits per heavy atom. The largest absolute Gasteiger partial charge is 0.443 e. The van der Waals surface area contributed by atoms with Crippen molar-refractivity contribution in [3.05, 3.63) is 53.7 Å². The predicted molar refractivity (Wildman–Crippen MR) is 123 cm³/mol. The highest BCUT2D eigenvalue weighted by Crippen LogP contribution is 2.23. The van der Waals surface area contributed by atoms with Crippen LogP contribution < -0.4 is 10.6 Å². The van der Waals surface area contributed by atoms with Crippen LogP contribution in [0.3, 0.4) is 0 Å². The van der Waals surface area contributed by atoms with E-state index in [9.17, 15) is 0 Å². The third kappa shape index (κ3) is 7.16. The Hall–Kier alpha value is -1.57. The number of hydrogen-bond donors (Lipinski definition) is 2. The fourth-order valence-electron chi connectivity index (χ4n) is 2.51. The zero-order chi connectivity index (χ0) is 19.2.